The molecule has 0 aliphatic carbocycles. The molecule has 2 atom stereocenters. The van der Waals surface area contributed by atoms with E-state index in [0.717, 1.165) is 63.0 Å². The highest BCUT2D eigenvalue weighted by atomic mass is 32.1. The Morgan fingerprint density at radius 1 is 0.319 bits per heavy atom. The molecule has 16 aromatic rings. The quantitative estimate of drug-likeness (QED) is 0.0558. The molecule has 0 saturated carbocycles. The molecule has 7 aromatic heterocycles. The number of hydrogen-bond donors (Lipinski definition) is 2. The van der Waals surface area contributed by atoms with E-state index in [4.69, 9.17) is 19.9 Å². The Balaban J connectivity index is 0.000000224. The van der Waals surface area contributed by atoms with Gasteiger partial charge in [-0.25, -0.2) is 4.98 Å². The van der Waals surface area contributed by atoms with Gasteiger partial charge in [0.1, 0.15) is 12.1 Å². The van der Waals surface area contributed by atoms with E-state index in [-0.39, 0.29) is 26.9 Å². The molecule has 16 rings (SSSR count). The van der Waals surface area contributed by atoms with Crippen molar-refractivity contribution in [2.24, 2.45) is 4.99 Å². The molecule has 590 valence electrons. The van der Waals surface area contributed by atoms with Crippen LogP contribution in [0.5, 0.6) is 0 Å². The predicted octanol–water partition coefficient (Wildman–Crippen LogP) is 31.9. The Labute approximate surface area is 706 Å². The second kappa shape index (κ2) is 39.8. The van der Waals surface area contributed by atoms with Crippen LogP contribution in [0.3, 0.4) is 0 Å². The summed E-state index contributed by atoms with van der Waals surface area (Å²) in [5, 5.41) is 19.9. The van der Waals surface area contributed by atoms with Crippen molar-refractivity contribution < 1.29 is 0 Å². The summed E-state index contributed by atoms with van der Waals surface area (Å²) in [6, 6.07) is 102. The number of para-hydroxylation sites is 3. The van der Waals surface area contributed by atoms with E-state index in [2.05, 4.69) is 384 Å². The van der Waals surface area contributed by atoms with Crippen LogP contribution in [0.15, 0.2) is 301 Å². The maximum atomic E-state index is 5.50. The molecule has 116 heavy (non-hydrogen) atoms. The first-order valence-corrected chi connectivity index (χ1v) is 43.9. The fourth-order valence-corrected chi connectivity index (χ4v) is 19.2. The first-order chi connectivity index (χ1) is 55.5. The standard InChI is InChI=1S/C65H64N4S2.C28H28N2.C11H12S2.2CH4/c1-40(2)48-25-15-26-49(41(3)4)62(48)68-64(58-33-17-31-56(66-58)54-29-13-21-44-19-9-11-23-52(44)54)60-37-35-46(70-60)39-47-36-38-61(71-47)65(69-63-50(42(5)6)27-16-28-51(63)43(7)8)59-34-18-32-57(67-59)55-30-14-22-45-20-10-12-24-53(45)55;1-19(2)23-14-9-15-24(20(3)4)28(23)29-18-22-12-8-17-27(30-22)26-16-7-11-21-10-5-6-13-25(21)26;1(4-10-6-2-8-12-10)5-11-7-3-9-13-11;;/h9-38,40-43,64-65,68-69H,39H2,1-8H3;5-20H,1-4H3;2-3,6-9H,1,4-5H2;2*1H4. The minimum atomic E-state index is -0.162. The van der Waals surface area contributed by atoms with Crippen molar-refractivity contribution in [1.29, 1.82) is 0 Å². The zero-order valence-electron chi connectivity index (χ0n) is 67.7. The second-order valence-corrected chi connectivity index (χ2v) is 35.9. The minimum Gasteiger partial charge on any atom is -0.372 e. The number of thiophene rings is 4. The average molecular weight is 1600 g/mol. The van der Waals surface area contributed by atoms with E-state index < -0.39 is 0 Å². The Bertz CT molecular complexity index is 5540. The van der Waals surface area contributed by atoms with E-state index in [1.807, 2.05) is 57.6 Å². The molecule has 7 heterocycles. The van der Waals surface area contributed by atoms with E-state index >= 15 is 0 Å². The molecular formula is C106H112N6S4. The van der Waals surface area contributed by atoms with Gasteiger partial charge in [-0.2, -0.15) is 0 Å². The van der Waals surface area contributed by atoms with E-state index in [0.29, 0.717) is 35.5 Å². The smallest absolute Gasteiger partial charge is 0.103 e. The zero-order chi connectivity index (χ0) is 79.2. The van der Waals surface area contributed by atoms with Gasteiger partial charge in [-0.3, -0.25) is 15.0 Å². The van der Waals surface area contributed by atoms with Gasteiger partial charge in [0.15, 0.2) is 0 Å². The van der Waals surface area contributed by atoms with Gasteiger partial charge in [0.05, 0.1) is 46.1 Å². The van der Waals surface area contributed by atoms with Gasteiger partial charge in [0, 0.05) is 63.7 Å². The summed E-state index contributed by atoms with van der Waals surface area (Å²) in [5.41, 5.74) is 20.6. The van der Waals surface area contributed by atoms with Gasteiger partial charge in [-0.1, -0.05) is 310 Å². The largest absolute Gasteiger partial charge is 0.372 e. The number of fused-ring (bicyclic) bond motifs is 3. The topological polar surface area (TPSA) is 75.1 Å². The highest BCUT2D eigenvalue weighted by Gasteiger charge is 2.27. The molecule has 9 aromatic carbocycles. The Morgan fingerprint density at radius 3 is 1.03 bits per heavy atom. The first kappa shape index (κ1) is 84.7. The van der Waals surface area contributed by atoms with Crippen LogP contribution in [0.25, 0.3) is 66.1 Å². The van der Waals surface area contributed by atoms with Gasteiger partial charge in [-0.05, 0) is 204 Å². The number of benzene rings is 9. The number of aliphatic imine (C=N–C) groups is 1. The number of rotatable bonds is 25. The molecule has 2 N–H and O–H groups in total. The van der Waals surface area contributed by atoms with Crippen molar-refractivity contribution in [3.8, 4) is 33.8 Å². The van der Waals surface area contributed by atoms with Crippen molar-refractivity contribution in [1.82, 2.24) is 15.0 Å². The maximum Gasteiger partial charge on any atom is 0.103 e. The normalized spacial score (nSPS) is 12.0. The molecule has 0 spiro atoms. The fourth-order valence-electron chi connectivity index (χ4n) is 15.4. The summed E-state index contributed by atoms with van der Waals surface area (Å²) in [5.74, 6) is 2.25. The van der Waals surface area contributed by atoms with Crippen molar-refractivity contribution in [2.45, 2.75) is 171 Å². The number of hydrogen-bond acceptors (Lipinski definition) is 10. The summed E-state index contributed by atoms with van der Waals surface area (Å²) in [6.07, 6.45) is 6.48. The number of aryl methyl sites for hydroxylation is 2. The Hall–Kier alpha value is -10.7. The van der Waals surface area contributed by atoms with Crippen molar-refractivity contribution in [3.63, 3.8) is 0 Å². The van der Waals surface area contributed by atoms with Gasteiger partial charge < -0.3 is 10.6 Å². The van der Waals surface area contributed by atoms with E-state index in [1.54, 1.807) is 0 Å². The second-order valence-electron chi connectivity index (χ2n) is 31.5. The van der Waals surface area contributed by atoms with Crippen LogP contribution >= 0.6 is 45.3 Å². The number of pyridine rings is 3. The lowest BCUT2D eigenvalue weighted by molar-refractivity contribution is 0.818. The molecule has 0 amide bonds. The van der Waals surface area contributed by atoms with Gasteiger partial charge in [0.25, 0.3) is 0 Å². The summed E-state index contributed by atoms with van der Waals surface area (Å²) >= 11 is 7.50. The summed E-state index contributed by atoms with van der Waals surface area (Å²) < 4.78 is 0. The van der Waals surface area contributed by atoms with Crippen molar-refractivity contribution in [2.75, 3.05) is 10.6 Å². The lowest BCUT2D eigenvalue weighted by Gasteiger charge is -2.26. The van der Waals surface area contributed by atoms with Crippen LogP contribution in [0.1, 0.15) is 232 Å². The van der Waals surface area contributed by atoms with Crippen LogP contribution in [0.2, 0.25) is 0 Å². The molecule has 10 heteroatoms. The van der Waals surface area contributed by atoms with Crippen LogP contribution in [-0.4, -0.2) is 21.2 Å². The molecule has 6 nitrogen and oxygen atoms in total. The molecule has 0 saturated heterocycles. The van der Waals surface area contributed by atoms with Crippen molar-refractivity contribution in [3.05, 3.63) is 376 Å². The Kier molecular flexibility index (Phi) is 29.0. The third-order valence-electron chi connectivity index (χ3n) is 21.4. The number of aromatic nitrogens is 3. The van der Waals surface area contributed by atoms with E-state index in [1.165, 1.54) is 126 Å². The van der Waals surface area contributed by atoms with Crippen LogP contribution in [0, 0.1) is 0 Å². The zero-order valence-corrected chi connectivity index (χ0v) is 71.0. The lowest BCUT2D eigenvalue weighted by atomic mass is 9.92. The lowest BCUT2D eigenvalue weighted by Crippen LogP contribution is -2.16. The highest BCUT2D eigenvalue weighted by Crippen LogP contribution is 2.44. The molecule has 2 unspecified atom stereocenters. The number of anilines is 2. The average Bonchev–Trinajstić information content (AvgIpc) is 1.32. The van der Waals surface area contributed by atoms with Crippen molar-refractivity contribution >= 4 is 101 Å². The van der Waals surface area contributed by atoms with Gasteiger partial charge >= 0.3 is 0 Å². The number of nitrogens with zero attached hydrogens (tertiary/aromatic N) is 4. The molecule has 0 aliphatic heterocycles. The molecule has 0 radical (unpaired) electrons. The first-order valence-electron chi connectivity index (χ1n) is 40.5. The fraction of sp³-hybridized carbons (Fsp3) is 0.245. The third kappa shape index (κ3) is 20.2. The number of nitrogens with one attached hydrogen (secondary N) is 2. The highest BCUT2D eigenvalue weighted by molar-refractivity contribution is 7.13. The summed E-state index contributed by atoms with van der Waals surface area (Å²) in [6.45, 7) is 27.2. The molecular weight excluding hydrogens is 1490 g/mol. The summed E-state index contributed by atoms with van der Waals surface area (Å²) in [7, 11) is 0. The summed E-state index contributed by atoms with van der Waals surface area (Å²) in [4.78, 5) is 29.0. The van der Waals surface area contributed by atoms with E-state index in [9.17, 15) is 0 Å². The SMILES string of the molecule is C.C.CC(C)c1cccc(C(C)C)c1N=Cc1cccc(-c2cccc3ccccc23)n1.CC(C)c1cccc(C(C)C)c1NC(c1cccc(-c2cccc3ccccc23)n1)c1ccc(Cc2ccc(C(Nc3c(C(C)C)cccc3C(C)C)c3cccc(-c4cccc5ccccc45)n3)s2)s1.c1csc(CCCc2cccs2)c1. The van der Waals surface area contributed by atoms with Crippen LogP contribution < -0.4 is 10.6 Å². The van der Waals surface area contributed by atoms with Gasteiger partial charge in [0.2, 0.25) is 0 Å². The molecule has 0 fully saturated rings. The van der Waals surface area contributed by atoms with Crippen LogP contribution in [-0.2, 0) is 19.3 Å². The predicted molar refractivity (Wildman–Crippen MR) is 509 cm³/mol. The van der Waals surface area contributed by atoms with Gasteiger partial charge in [-0.15, -0.1) is 45.3 Å². The Morgan fingerprint density at radius 2 is 0.655 bits per heavy atom. The van der Waals surface area contributed by atoms with Crippen LogP contribution in [0.4, 0.5) is 17.1 Å². The minimum absolute atomic E-state index is 0. The third-order valence-corrected chi connectivity index (χ3v) is 25.6. The molecule has 0 bridgehead atoms. The molecule has 0 aliphatic rings. The maximum absolute atomic E-state index is 5.50. The monoisotopic (exact) mass is 1600 g/mol.